The minimum absolute atomic E-state index is 0.0327. The zero-order valence-corrected chi connectivity index (χ0v) is 17.2. The number of fused-ring (bicyclic) bond motifs is 1. The lowest BCUT2D eigenvalue weighted by atomic mass is 10.0. The summed E-state index contributed by atoms with van der Waals surface area (Å²) in [6, 6.07) is 13.9. The number of para-hydroxylation sites is 2. The second kappa shape index (κ2) is 8.15. The Hall–Kier alpha value is -3.02. The lowest BCUT2D eigenvalue weighted by Gasteiger charge is -2.29. The molecule has 6 heteroatoms. The third kappa shape index (κ3) is 3.67. The fourth-order valence-corrected chi connectivity index (χ4v) is 4.26. The lowest BCUT2D eigenvalue weighted by Crippen LogP contribution is -2.36. The number of benzene rings is 2. The number of amides is 1. The van der Waals surface area contributed by atoms with Crippen LogP contribution in [0.25, 0.3) is 11.0 Å². The van der Waals surface area contributed by atoms with Crippen LogP contribution in [0.15, 0.2) is 48.8 Å². The maximum atomic E-state index is 13.3. The minimum atomic E-state index is -0.141. The van der Waals surface area contributed by atoms with Gasteiger partial charge < -0.3 is 18.9 Å². The van der Waals surface area contributed by atoms with Crippen LogP contribution in [0, 0.1) is 5.92 Å². The molecule has 1 aliphatic heterocycles. The Bertz CT molecular complexity index is 1010. The van der Waals surface area contributed by atoms with E-state index in [0.29, 0.717) is 6.54 Å². The molecule has 4 rings (SSSR count). The standard InChI is InChI=1S/C23H27N3O3/c1-16(14-25-15-24-19-7-4-5-8-21(19)25)23(27)26-12-6-9-20(26)18-11-10-17(28-2)13-22(18)29-3/h4-5,7-8,10-11,13,15-16,20H,6,9,12,14H2,1-3H3/t16-,20-/m0/s1. The van der Waals surface area contributed by atoms with Gasteiger partial charge in [-0.05, 0) is 37.1 Å². The van der Waals surface area contributed by atoms with Crippen LogP contribution in [0.4, 0.5) is 0 Å². The summed E-state index contributed by atoms with van der Waals surface area (Å²) in [5.41, 5.74) is 3.05. The van der Waals surface area contributed by atoms with E-state index in [1.807, 2.05) is 60.6 Å². The Labute approximate surface area is 171 Å². The van der Waals surface area contributed by atoms with E-state index < -0.39 is 0 Å². The van der Waals surface area contributed by atoms with Gasteiger partial charge in [-0.15, -0.1) is 0 Å². The van der Waals surface area contributed by atoms with Crippen LogP contribution in [0.3, 0.4) is 0 Å². The van der Waals surface area contributed by atoms with Crippen LogP contribution in [-0.2, 0) is 11.3 Å². The van der Waals surface area contributed by atoms with Crippen LogP contribution in [-0.4, -0.2) is 41.1 Å². The molecule has 0 aliphatic carbocycles. The fraction of sp³-hybridized carbons (Fsp3) is 0.391. The molecular weight excluding hydrogens is 366 g/mol. The predicted molar refractivity (Wildman–Crippen MR) is 112 cm³/mol. The van der Waals surface area contributed by atoms with Gasteiger partial charge in [0.05, 0.1) is 43.5 Å². The van der Waals surface area contributed by atoms with E-state index in [1.54, 1.807) is 14.2 Å². The SMILES string of the molecule is COc1ccc([C@@H]2CCCN2C(=O)[C@@H](C)Cn2cnc3ccccc32)c(OC)c1. The Morgan fingerprint density at radius 1 is 1.21 bits per heavy atom. The van der Waals surface area contributed by atoms with Gasteiger partial charge in [-0.25, -0.2) is 4.98 Å². The summed E-state index contributed by atoms with van der Waals surface area (Å²) >= 11 is 0. The quantitative estimate of drug-likeness (QED) is 0.634. The van der Waals surface area contributed by atoms with Crippen LogP contribution in [0.2, 0.25) is 0 Å². The van der Waals surface area contributed by atoms with Crippen LogP contribution in [0.1, 0.15) is 31.4 Å². The molecule has 3 aromatic rings. The van der Waals surface area contributed by atoms with E-state index in [2.05, 4.69) is 9.55 Å². The highest BCUT2D eigenvalue weighted by atomic mass is 16.5. The smallest absolute Gasteiger partial charge is 0.227 e. The van der Waals surface area contributed by atoms with Gasteiger partial charge in [0.1, 0.15) is 11.5 Å². The molecule has 0 bridgehead atoms. The summed E-state index contributed by atoms with van der Waals surface area (Å²) in [7, 11) is 3.30. The Morgan fingerprint density at radius 2 is 2.03 bits per heavy atom. The summed E-state index contributed by atoms with van der Waals surface area (Å²) in [5, 5.41) is 0. The summed E-state index contributed by atoms with van der Waals surface area (Å²) in [6.45, 7) is 3.38. The van der Waals surface area contributed by atoms with Crippen molar-refractivity contribution in [2.75, 3.05) is 20.8 Å². The molecule has 0 unspecified atom stereocenters. The number of methoxy groups -OCH3 is 2. The van der Waals surface area contributed by atoms with Crippen molar-refractivity contribution in [1.82, 2.24) is 14.5 Å². The first-order valence-electron chi connectivity index (χ1n) is 10.0. The molecule has 0 radical (unpaired) electrons. The highest BCUT2D eigenvalue weighted by Gasteiger charge is 2.34. The predicted octanol–water partition coefficient (Wildman–Crippen LogP) is 4.05. The second-order valence-electron chi connectivity index (χ2n) is 7.58. The van der Waals surface area contributed by atoms with E-state index in [9.17, 15) is 4.79 Å². The van der Waals surface area contributed by atoms with Crippen LogP contribution >= 0.6 is 0 Å². The van der Waals surface area contributed by atoms with Crippen molar-refractivity contribution < 1.29 is 14.3 Å². The van der Waals surface area contributed by atoms with Gasteiger partial charge in [0.2, 0.25) is 5.91 Å². The number of carbonyl (C=O) groups excluding carboxylic acids is 1. The van der Waals surface area contributed by atoms with Gasteiger partial charge >= 0.3 is 0 Å². The Morgan fingerprint density at radius 3 is 2.83 bits per heavy atom. The maximum absolute atomic E-state index is 13.3. The molecule has 2 heterocycles. The van der Waals surface area contributed by atoms with Crippen molar-refractivity contribution >= 4 is 16.9 Å². The van der Waals surface area contributed by atoms with Gasteiger partial charge in [-0.1, -0.05) is 19.1 Å². The Kier molecular flexibility index (Phi) is 5.43. The number of hydrogen-bond donors (Lipinski definition) is 0. The van der Waals surface area contributed by atoms with Crippen LogP contribution < -0.4 is 9.47 Å². The maximum Gasteiger partial charge on any atom is 0.227 e. The number of aromatic nitrogens is 2. The molecule has 1 saturated heterocycles. The molecule has 152 valence electrons. The number of nitrogens with zero attached hydrogens (tertiary/aromatic N) is 3. The first-order chi connectivity index (χ1) is 14.1. The molecule has 0 N–H and O–H groups in total. The number of likely N-dealkylation sites (tertiary alicyclic amines) is 1. The van der Waals surface area contributed by atoms with Gasteiger partial charge in [0.15, 0.2) is 0 Å². The topological polar surface area (TPSA) is 56.6 Å². The number of hydrogen-bond acceptors (Lipinski definition) is 4. The van der Waals surface area contributed by atoms with Gasteiger partial charge in [0.25, 0.3) is 0 Å². The zero-order valence-electron chi connectivity index (χ0n) is 17.2. The average molecular weight is 393 g/mol. The first-order valence-corrected chi connectivity index (χ1v) is 10.0. The first kappa shape index (κ1) is 19.3. The monoisotopic (exact) mass is 393 g/mol. The normalized spacial score (nSPS) is 17.5. The van der Waals surface area contributed by atoms with E-state index in [0.717, 1.165) is 47.5 Å². The van der Waals surface area contributed by atoms with Crippen molar-refractivity contribution in [3.63, 3.8) is 0 Å². The number of ether oxygens (including phenoxy) is 2. The molecule has 6 nitrogen and oxygen atoms in total. The third-order valence-corrected chi connectivity index (χ3v) is 5.76. The fourth-order valence-electron chi connectivity index (χ4n) is 4.26. The van der Waals surface area contributed by atoms with Gasteiger partial charge in [0, 0.05) is 24.7 Å². The molecule has 1 aromatic heterocycles. The van der Waals surface area contributed by atoms with Crippen molar-refractivity contribution in [3.05, 3.63) is 54.4 Å². The van der Waals surface area contributed by atoms with E-state index in [1.165, 1.54) is 0 Å². The molecule has 1 aliphatic rings. The van der Waals surface area contributed by atoms with Gasteiger partial charge in [-0.2, -0.15) is 0 Å². The molecule has 1 amide bonds. The highest BCUT2D eigenvalue weighted by molar-refractivity contribution is 5.80. The number of imidazole rings is 1. The summed E-state index contributed by atoms with van der Waals surface area (Å²) in [6.07, 6.45) is 3.75. The van der Waals surface area contributed by atoms with Gasteiger partial charge in [-0.3, -0.25) is 4.79 Å². The van der Waals surface area contributed by atoms with E-state index >= 15 is 0 Å². The largest absolute Gasteiger partial charge is 0.497 e. The minimum Gasteiger partial charge on any atom is -0.497 e. The lowest BCUT2D eigenvalue weighted by molar-refractivity contribution is -0.136. The van der Waals surface area contributed by atoms with Crippen molar-refractivity contribution in [2.45, 2.75) is 32.4 Å². The molecule has 2 atom stereocenters. The van der Waals surface area contributed by atoms with E-state index in [4.69, 9.17) is 9.47 Å². The third-order valence-electron chi connectivity index (χ3n) is 5.76. The second-order valence-corrected chi connectivity index (χ2v) is 7.58. The van der Waals surface area contributed by atoms with Crippen molar-refractivity contribution in [1.29, 1.82) is 0 Å². The van der Waals surface area contributed by atoms with E-state index in [-0.39, 0.29) is 17.9 Å². The number of carbonyl (C=O) groups is 1. The van der Waals surface area contributed by atoms with Crippen molar-refractivity contribution in [2.24, 2.45) is 5.92 Å². The molecule has 1 fully saturated rings. The number of rotatable bonds is 6. The van der Waals surface area contributed by atoms with Crippen molar-refractivity contribution in [3.8, 4) is 11.5 Å². The zero-order chi connectivity index (χ0) is 20.4. The molecule has 2 aromatic carbocycles. The molecular formula is C23H27N3O3. The average Bonchev–Trinajstić information content (AvgIpc) is 3.40. The van der Waals surface area contributed by atoms with Crippen LogP contribution in [0.5, 0.6) is 11.5 Å². The summed E-state index contributed by atoms with van der Waals surface area (Å²) in [5.74, 6) is 1.55. The highest BCUT2D eigenvalue weighted by Crippen LogP contribution is 2.39. The summed E-state index contributed by atoms with van der Waals surface area (Å²) < 4.78 is 13.0. The summed E-state index contributed by atoms with van der Waals surface area (Å²) in [4.78, 5) is 19.8. The molecule has 0 saturated carbocycles. The molecule has 0 spiro atoms. The molecule has 29 heavy (non-hydrogen) atoms. The Balaban J connectivity index is 1.54.